The molecule has 0 amide bonds. The van der Waals surface area contributed by atoms with E-state index in [1.807, 2.05) is 4.90 Å². The molecule has 106 valence electrons. The van der Waals surface area contributed by atoms with Gasteiger partial charge in [0.1, 0.15) is 5.82 Å². The molecule has 1 aliphatic rings. The van der Waals surface area contributed by atoms with Crippen LogP contribution in [-0.2, 0) is 0 Å². The van der Waals surface area contributed by atoms with Gasteiger partial charge in [0, 0.05) is 31.5 Å². The Morgan fingerprint density at radius 2 is 2.00 bits per heavy atom. The van der Waals surface area contributed by atoms with Crippen LogP contribution < -0.4 is 4.90 Å². The number of halogens is 2. The number of Topliss-reactive ketones (excluding diaryl/α,β-unsaturated/α-hetero) is 1. The van der Waals surface area contributed by atoms with Gasteiger partial charge in [-0.2, -0.15) is 5.10 Å². The SMILES string of the molecule is CC(=O)c1cc(N2CCC(F)(F)CC2)n2nccc2c1. The van der Waals surface area contributed by atoms with Crippen LogP contribution in [0.2, 0.25) is 0 Å². The van der Waals surface area contributed by atoms with E-state index < -0.39 is 5.92 Å². The lowest BCUT2D eigenvalue weighted by molar-refractivity contribution is -0.0222. The largest absolute Gasteiger partial charge is 0.356 e. The van der Waals surface area contributed by atoms with E-state index in [9.17, 15) is 13.6 Å². The van der Waals surface area contributed by atoms with Gasteiger partial charge in [0.05, 0.1) is 11.7 Å². The maximum absolute atomic E-state index is 13.3. The van der Waals surface area contributed by atoms with Crippen molar-refractivity contribution in [3.05, 3.63) is 30.0 Å². The minimum absolute atomic E-state index is 0.0442. The van der Waals surface area contributed by atoms with E-state index in [1.54, 1.807) is 28.9 Å². The quantitative estimate of drug-likeness (QED) is 0.793. The molecule has 2 aromatic heterocycles. The number of carbonyl (C=O) groups excluding carboxylic acids is 1. The fraction of sp³-hybridized carbons (Fsp3) is 0.429. The van der Waals surface area contributed by atoms with Gasteiger partial charge in [0.15, 0.2) is 5.78 Å². The fourth-order valence-electron chi connectivity index (χ4n) is 2.51. The highest BCUT2D eigenvalue weighted by Crippen LogP contribution is 2.31. The third kappa shape index (κ3) is 2.26. The van der Waals surface area contributed by atoms with Crippen LogP contribution in [0.15, 0.2) is 24.4 Å². The van der Waals surface area contributed by atoms with E-state index in [4.69, 9.17) is 0 Å². The first-order valence-corrected chi connectivity index (χ1v) is 6.58. The lowest BCUT2D eigenvalue weighted by atomic mass is 10.1. The van der Waals surface area contributed by atoms with Crippen LogP contribution >= 0.6 is 0 Å². The Kier molecular flexibility index (Phi) is 2.96. The summed E-state index contributed by atoms with van der Waals surface area (Å²) in [6.45, 7) is 2.03. The molecule has 0 saturated carbocycles. The number of anilines is 1. The number of hydrogen-bond acceptors (Lipinski definition) is 3. The number of carbonyl (C=O) groups is 1. The molecule has 3 heterocycles. The minimum Gasteiger partial charge on any atom is -0.356 e. The molecular formula is C14H15F2N3O. The molecule has 0 unspecified atom stereocenters. The van der Waals surface area contributed by atoms with Crippen LogP contribution in [0.3, 0.4) is 0 Å². The molecule has 20 heavy (non-hydrogen) atoms. The molecule has 0 aromatic carbocycles. The predicted molar refractivity (Wildman–Crippen MR) is 71.6 cm³/mol. The van der Waals surface area contributed by atoms with Crippen molar-refractivity contribution in [2.24, 2.45) is 0 Å². The smallest absolute Gasteiger partial charge is 0.251 e. The van der Waals surface area contributed by atoms with Crippen molar-refractivity contribution in [2.75, 3.05) is 18.0 Å². The molecule has 1 aliphatic heterocycles. The second-order valence-corrected chi connectivity index (χ2v) is 5.17. The van der Waals surface area contributed by atoms with Crippen molar-refractivity contribution in [1.82, 2.24) is 9.61 Å². The standard InChI is InChI=1S/C14H15F2N3O/c1-10(20)11-8-12-2-5-17-19(12)13(9-11)18-6-3-14(15,16)4-7-18/h2,5,8-9H,3-4,6-7H2,1H3. The monoisotopic (exact) mass is 279 g/mol. The molecule has 0 N–H and O–H groups in total. The average Bonchev–Trinajstić information content (AvgIpc) is 2.85. The van der Waals surface area contributed by atoms with Gasteiger partial charge in [-0.15, -0.1) is 0 Å². The summed E-state index contributed by atoms with van der Waals surface area (Å²) in [6.07, 6.45) is 1.31. The summed E-state index contributed by atoms with van der Waals surface area (Å²) in [5, 5.41) is 4.21. The van der Waals surface area contributed by atoms with Crippen LogP contribution in [0.5, 0.6) is 0 Å². The molecule has 0 bridgehead atoms. The lowest BCUT2D eigenvalue weighted by Crippen LogP contribution is -2.40. The zero-order chi connectivity index (χ0) is 14.3. The number of piperidine rings is 1. The summed E-state index contributed by atoms with van der Waals surface area (Å²) in [7, 11) is 0. The summed E-state index contributed by atoms with van der Waals surface area (Å²) in [5.74, 6) is -1.93. The van der Waals surface area contributed by atoms with E-state index in [0.717, 1.165) is 5.52 Å². The number of pyridine rings is 1. The topological polar surface area (TPSA) is 37.6 Å². The van der Waals surface area contributed by atoms with E-state index in [0.29, 0.717) is 11.4 Å². The normalized spacial score (nSPS) is 18.4. The van der Waals surface area contributed by atoms with Crippen molar-refractivity contribution in [2.45, 2.75) is 25.7 Å². The molecule has 1 saturated heterocycles. The molecule has 1 fully saturated rings. The van der Waals surface area contributed by atoms with Crippen molar-refractivity contribution >= 4 is 17.1 Å². The number of hydrogen-bond donors (Lipinski definition) is 0. The number of aromatic nitrogens is 2. The maximum atomic E-state index is 13.3. The zero-order valence-electron chi connectivity index (χ0n) is 11.1. The Morgan fingerprint density at radius 3 is 2.65 bits per heavy atom. The predicted octanol–water partition coefficient (Wildman–Crippen LogP) is 2.77. The van der Waals surface area contributed by atoms with Gasteiger partial charge in [0.25, 0.3) is 5.92 Å². The van der Waals surface area contributed by atoms with Crippen LogP contribution in [0.1, 0.15) is 30.1 Å². The number of ketones is 1. The highest BCUT2D eigenvalue weighted by Gasteiger charge is 2.34. The summed E-state index contributed by atoms with van der Waals surface area (Å²) >= 11 is 0. The van der Waals surface area contributed by atoms with Crippen molar-refractivity contribution in [3.8, 4) is 0 Å². The van der Waals surface area contributed by atoms with Gasteiger partial charge in [0.2, 0.25) is 0 Å². The van der Waals surface area contributed by atoms with Crippen LogP contribution in [0, 0.1) is 0 Å². The van der Waals surface area contributed by atoms with Gasteiger partial charge >= 0.3 is 0 Å². The Bertz CT molecular complexity index is 655. The Hall–Kier alpha value is -1.98. The highest BCUT2D eigenvalue weighted by atomic mass is 19.3. The molecule has 4 nitrogen and oxygen atoms in total. The first-order valence-electron chi connectivity index (χ1n) is 6.58. The average molecular weight is 279 g/mol. The summed E-state index contributed by atoms with van der Waals surface area (Å²) in [5.41, 5.74) is 1.37. The number of nitrogens with zero attached hydrogens (tertiary/aromatic N) is 3. The Morgan fingerprint density at radius 1 is 1.30 bits per heavy atom. The lowest BCUT2D eigenvalue weighted by Gasteiger charge is -2.33. The van der Waals surface area contributed by atoms with Crippen LogP contribution in [0.25, 0.3) is 5.52 Å². The molecule has 2 aromatic rings. The molecule has 3 rings (SSSR count). The Balaban J connectivity index is 2.02. The molecule has 0 radical (unpaired) electrons. The van der Waals surface area contributed by atoms with Gasteiger partial charge in [-0.25, -0.2) is 13.3 Å². The van der Waals surface area contributed by atoms with Gasteiger partial charge in [-0.1, -0.05) is 0 Å². The molecule has 0 spiro atoms. The first-order chi connectivity index (χ1) is 9.46. The summed E-state index contributed by atoms with van der Waals surface area (Å²) in [6, 6.07) is 5.29. The van der Waals surface area contributed by atoms with E-state index >= 15 is 0 Å². The molecule has 0 aliphatic carbocycles. The van der Waals surface area contributed by atoms with E-state index in [1.165, 1.54) is 6.92 Å². The second kappa shape index (κ2) is 4.54. The molecular weight excluding hydrogens is 264 g/mol. The van der Waals surface area contributed by atoms with Crippen molar-refractivity contribution in [3.63, 3.8) is 0 Å². The van der Waals surface area contributed by atoms with Crippen molar-refractivity contribution < 1.29 is 13.6 Å². The summed E-state index contributed by atoms with van der Waals surface area (Å²) in [4.78, 5) is 13.4. The van der Waals surface area contributed by atoms with Crippen LogP contribution in [-0.4, -0.2) is 34.4 Å². The van der Waals surface area contributed by atoms with Gasteiger partial charge in [-0.05, 0) is 25.1 Å². The van der Waals surface area contributed by atoms with E-state index in [2.05, 4.69) is 5.10 Å². The third-order valence-corrected chi connectivity index (χ3v) is 3.70. The van der Waals surface area contributed by atoms with E-state index in [-0.39, 0.29) is 31.7 Å². The van der Waals surface area contributed by atoms with Crippen molar-refractivity contribution in [1.29, 1.82) is 0 Å². The number of fused-ring (bicyclic) bond motifs is 1. The second-order valence-electron chi connectivity index (χ2n) is 5.17. The van der Waals surface area contributed by atoms with Gasteiger partial charge < -0.3 is 4.90 Å². The number of rotatable bonds is 2. The molecule has 6 heteroatoms. The van der Waals surface area contributed by atoms with Crippen LogP contribution in [0.4, 0.5) is 14.6 Å². The zero-order valence-corrected chi connectivity index (χ0v) is 11.1. The molecule has 0 atom stereocenters. The minimum atomic E-state index is -2.59. The number of alkyl halides is 2. The first kappa shape index (κ1) is 13.0. The maximum Gasteiger partial charge on any atom is 0.251 e. The highest BCUT2D eigenvalue weighted by molar-refractivity contribution is 5.96. The Labute approximate surface area is 115 Å². The summed E-state index contributed by atoms with van der Waals surface area (Å²) < 4.78 is 28.2. The van der Waals surface area contributed by atoms with Gasteiger partial charge in [-0.3, -0.25) is 4.79 Å². The third-order valence-electron chi connectivity index (χ3n) is 3.70. The fourth-order valence-corrected chi connectivity index (χ4v) is 2.51.